The number of rotatable bonds is 2. The lowest BCUT2D eigenvalue weighted by atomic mass is 9.97. The van der Waals surface area contributed by atoms with E-state index in [0.717, 1.165) is 17.7 Å². The Labute approximate surface area is 194 Å². The van der Waals surface area contributed by atoms with Crippen molar-refractivity contribution in [2.24, 2.45) is 0 Å². The maximum Gasteiger partial charge on any atom is 0.416 e. The number of benzene rings is 3. The van der Waals surface area contributed by atoms with E-state index in [0.29, 0.717) is 10.0 Å². The lowest BCUT2D eigenvalue weighted by Gasteiger charge is -2.26. The molecular weight excluding hydrogens is 499 g/mol. The zero-order valence-corrected chi connectivity index (χ0v) is 18.7. The molecule has 1 aliphatic rings. The monoisotopic (exact) mass is 513 g/mol. The molecule has 0 radical (unpaired) electrons. The first-order valence-electron chi connectivity index (χ1n) is 9.99. The molecule has 0 N–H and O–H groups in total. The smallest absolute Gasteiger partial charge is 0.416 e. The molecule has 0 aliphatic carbocycles. The molecule has 0 fully saturated rings. The summed E-state index contributed by atoms with van der Waals surface area (Å²) in [4.78, 5) is 28.2. The predicted molar refractivity (Wildman–Crippen MR) is 121 cm³/mol. The van der Waals surface area contributed by atoms with Gasteiger partial charge in [-0.05, 0) is 48.9 Å². The van der Waals surface area contributed by atoms with Gasteiger partial charge in [0.1, 0.15) is 5.58 Å². The van der Waals surface area contributed by atoms with Crippen molar-refractivity contribution in [2.45, 2.75) is 19.1 Å². The van der Waals surface area contributed by atoms with E-state index in [-0.39, 0.29) is 28.0 Å². The van der Waals surface area contributed by atoms with Crippen LogP contribution in [-0.2, 0) is 6.18 Å². The van der Waals surface area contributed by atoms with Gasteiger partial charge >= 0.3 is 6.18 Å². The van der Waals surface area contributed by atoms with Gasteiger partial charge in [0, 0.05) is 10.2 Å². The van der Waals surface area contributed by atoms with Crippen LogP contribution in [-0.4, -0.2) is 5.91 Å². The maximum atomic E-state index is 13.5. The molecule has 0 spiro atoms. The van der Waals surface area contributed by atoms with Crippen LogP contribution >= 0.6 is 15.9 Å². The third kappa shape index (κ3) is 3.54. The maximum absolute atomic E-state index is 13.5. The molecule has 0 saturated carbocycles. The number of carbonyl (C=O) groups is 1. The Bertz CT molecular complexity index is 1480. The van der Waals surface area contributed by atoms with Crippen LogP contribution in [0.25, 0.3) is 11.0 Å². The van der Waals surface area contributed by atoms with E-state index in [1.54, 1.807) is 30.3 Å². The molecule has 1 atom stereocenters. The second-order valence-corrected chi connectivity index (χ2v) is 8.77. The highest BCUT2D eigenvalue weighted by Crippen LogP contribution is 2.42. The highest BCUT2D eigenvalue weighted by Gasteiger charge is 2.44. The summed E-state index contributed by atoms with van der Waals surface area (Å²) in [5.74, 6) is -0.838. The van der Waals surface area contributed by atoms with E-state index < -0.39 is 29.1 Å². The van der Waals surface area contributed by atoms with E-state index in [1.807, 2.05) is 19.1 Å². The van der Waals surface area contributed by atoms with Crippen molar-refractivity contribution in [3.63, 3.8) is 0 Å². The van der Waals surface area contributed by atoms with Crippen molar-refractivity contribution in [2.75, 3.05) is 4.90 Å². The predicted octanol–water partition coefficient (Wildman–Crippen LogP) is 6.63. The minimum atomic E-state index is -4.58. The molecule has 1 unspecified atom stereocenters. The Morgan fingerprint density at radius 1 is 0.970 bits per heavy atom. The number of anilines is 1. The van der Waals surface area contributed by atoms with Crippen LogP contribution in [0, 0.1) is 6.92 Å². The van der Waals surface area contributed by atoms with Crippen molar-refractivity contribution < 1.29 is 22.4 Å². The molecule has 5 rings (SSSR count). The molecule has 0 saturated heterocycles. The fourth-order valence-electron chi connectivity index (χ4n) is 4.11. The number of alkyl halides is 3. The van der Waals surface area contributed by atoms with E-state index in [2.05, 4.69) is 15.9 Å². The van der Waals surface area contributed by atoms with Gasteiger partial charge in [0.2, 0.25) is 5.76 Å². The van der Waals surface area contributed by atoms with Gasteiger partial charge in [0.05, 0.1) is 22.6 Å². The average molecular weight is 514 g/mol. The van der Waals surface area contributed by atoms with Crippen molar-refractivity contribution in [3.05, 3.63) is 109 Å². The summed E-state index contributed by atoms with van der Waals surface area (Å²) in [5.41, 5.74) is 0.614. The summed E-state index contributed by atoms with van der Waals surface area (Å²) >= 11 is 3.34. The van der Waals surface area contributed by atoms with Crippen LogP contribution in [0.1, 0.15) is 38.9 Å². The second-order valence-electron chi connectivity index (χ2n) is 7.85. The van der Waals surface area contributed by atoms with Crippen LogP contribution in [0.4, 0.5) is 18.9 Å². The standard InChI is InChI=1S/C25H15BrF3NO3/c1-13-5-7-14(8-6-13)21-20-22(31)18-12-16(26)9-10-19(18)33-23(20)24(32)30(21)17-4-2-3-15(11-17)25(27,28)29/h2-12,21H,1H3. The number of hydrogen-bond acceptors (Lipinski definition) is 3. The molecule has 0 bridgehead atoms. The van der Waals surface area contributed by atoms with E-state index in [4.69, 9.17) is 4.42 Å². The summed E-state index contributed by atoms with van der Waals surface area (Å²) in [6.45, 7) is 1.89. The van der Waals surface area contributed by atoms with Gasteiger partial charge in [-0.15, -0.1) is 0 Å². The highest BCUT2D eigenvalue weighted by atomic mass is 79.9. The first-order valence-corrected chi connectivity index (χ1v) is 10.8. The number of hydrogen-bond donors (Lipinski definition) is 0. The highest BCUT2D eigenvalue weighted by molar-refractivity contribution is 9.10. The Kier molecular flexibility index (Phi) is 4.93. The zero-order valence-electron chi connectivity index (χ0n) is 17.1. The normalized spacial score (nSPS) is 15.8. The Morgan fingerprint density at radius 3 is 2.39 bits per heavy atom. The molecule has 1 aliphatic heterocycles. The number of nitrogens with zero attached hydrogens (tertiary/aromatic N) is 1. The van der Waals surface area contributed by atoms with Crippen LogP contribution < -0.4 is 10.3 Å². The summed E-state index contributed by atoms with van der Waals surface area (Å²) in [7, 11) is 0. The number of halogens is 4. The van der Waals surface area contributed by atoms with Crippen molar-refractivity contribution in [1.82, 2.24) is 0 Å². The van der Waals surface area contributed by atoms with Crippen LogP contribution in [0.15, 0.2) is 80.4 Å². The van der Waals surface area contributed by atoms with E-state index in [9.17, 15) is 22.8 Å². The molecule has 3 aromatic carbocycles. The quantitative estimate of drug-likeness (QED) is 0.302. The van der Waals surface area contributed by atoms with Gasteiger partial charge in [0.25, 0.3) is 5.91 Å². The lowest BCUT2D eigenvalue weighted by Crippen LogP contribution is -2.29. The molecule has 2 heterocycles. The van der Waals surface area contributed by atoms with Gasteiger partial charge in [-0.1, -0.05) is 51.8 Å². The van der Waals surface area contributed by atoms with Crippen molar-refractivity contribution >= 4 is 38.5 Å². The van der Waals surface area contributed by atoms with Crippen molar-refractivity contribution in [3.8, 4) is 0 Å². The second kappa shape index (κ2) is 7.59. The van der Waals surface area contributed by atoms with Crippen LogP contribution in [0.2, 0.25) is 0 Å². The molecule has 1 amide bonds. The zero-order chi connectivity index (χ0) is 23.5. The number of amides is 1. The SMILES string of the molecule is Cc1ccc(C2c3c(oc4ccc(Br)cc4c3=O)C(=O)N2c2cccc(C(F)(F)F)c2)cc1. The largest absolute Gasteiger partial charge is 0.450 e. The fourth-order valence-corrected chi connectivity index (χ4v) is 4.47. The van der Waals surface area contributed by atoms with Gasteiger partial charge in [-0.3, -0.25) is 14.5 Å². The molecule has 4 nitrogen and oxygen atoms in total. The minimum absolute atomic E-state index is 0.0245. The Balaban J connectivity index is 1.79. The minimum Gasteiger partial charge on any atom is -0.450 e. The topological polar surface area (TPSA) is 50.5 Å². The third-order valence-electron chi connectivity index (χ3n) is 5.68. The first-order chi connectivity index (χ1) is 15.6. The Hall–Kier alpha value is -3.39. The molecule has 1 aromatic heterocycles. The molecule has 166 valence electrons. The van der Waals surface area contributed by atoms with Gasteiger partial charge < -0.3 is 4.42 Å². The molecule has 33 heavy (non-hydrogen) atoms. The number of aryl methyl sites for hydroxylation is 1. The summed E-state index contributed by atoms with van der Waals surface area (Å²) in [6, 6.07) is 15.6. The molecule has 8 heteroatoms. The third-order valence-corrected chi connectivity index (χ3v) is 6.17. The summed E-state index contributed by atoms with van der Waals surface area (Å²) in [6.07, 6.45) is -4.58. The van der Waals surface area contributed by atoms with Crippen LogP contribution in [0.5, 0.6) is 0 Å². The number of fused-ring (bicyclic) bond motifs is 2. The molecular formula is C25H15BrF3NO3. The summed E-state index contributed by atoms with van der Waals surface area (Å²) in [5, 5.41) is 0.277. The van der Waals surface area contributed by atoms with E-state index >= 15 is 0 Å². The van der Waals surface area contributed by atoms with Gasteiger partial charge in [-0.25, -0.2) is 0 Å². The average Bonchev–Trinajstić information content (AvgIpc) is 3.07. The number of carbonyl (C=O) groups excluding carboxylic acids is 1. The van der Waals surface area contributed by atoms with Crippen LogP contribution in [0.3, 0.4) is 0 Å². The van der Waals surface area contributed by atoms with E-state index in [1.165, 1.54) is 17.0 Å². The fraction of sp³-hybridized carbons (Fsp3) is 0.120. The van der Waals surface area contributed by atoms with Gasteiger partial charge in [0.15, 0.2) is 5.43 Å². The first kappa shape index (κ1) is 21.5. The molecule has 4 aromatic rings. The lowest BCUT2D eigenvalue weighted by molar-refractivity contribution is -0.137. The summed E-state index contributed by atoms with van der Waals surface area (Å²) < 4.78 is 46.7. The van der Waals surface area contributed by atoms with Crippen molar-refractivity contribution in [1.29, 1.82) is 0 Å². The van der Waals surface area contributed by atoms with Gasteiger partial charge in [-0.2, -0.15) is 13.2 Å². The Morgan fingerprint density at radius 2 is 1.70 bits per heavy atom.